The quantitative estimate of drug-likeness (QED) is 0.691. The molecule has 0 aliphatic heterocycles. The van der Waals surface area contributed by atoms with Gasteiger partial charge in [0, 0.05) is 23.2 Å². The minimum absolute atomic E-state index is 0.268. The van der Waals surface area contributed by atoms with Gasteiger partial charge < -0.3 is 16.8 Å². The fourth-order valence-corrected chi connectivity index (χ4v) is 1.72. The van der Waals surface area contributed by atoms with Crippen molar-refractivity contribution >= 4 is 28.8 Å². The first-order chi connectivity index (χ1) is 7.80. The van der Waals surface area contributed by atoms with Gasteiger partial charge in [-0.05, 0) is 38.1 Å². The molecule has 0 radical (unpaired) electrons. The van der Waals surface area contributed by atoms with Crippen LogP contribution in [0.4, 0.5) is 5.69 Å². The molecule has 0 aliphatic carbocycles. The molecule has 0 heterocycles. The van der Waals surface area contributed by atoms with E-state index in [1.165, 1.54) is 0 Å². The lowest BCUT2D eigenvalue weighted by molar-refractivity contribution is -0.118. The highest BCUT2D eigenvalue weighted by molar-refractivity contribution is 7.80. The number of carbonyl (C=O) groups is 1. The summed E-state index contributed by atoms with van der Waals surface area (Å²) in [5, 5.41) is 3.23. The standard InChI is InChI=1S/C12H17N3OS/c1-12(2,7-10(13)16)15-9-5-3-8(4-6-9)11(14)17/h3-6,15H,7H2,1-2H3,(H2,13,16)(H2,14,17). The summed E-state index contributed by atoms with van der Waals surface area (Å²) in [4.78, 5) is 11.3. The molecule has 0 saturated carbocycles. The Kier molecular flexibility index (Phi) is 4.07. The highest BCUT2D eigenvalue weighted by Crippen LogP contribution is 2.18. The van der Waals surface area contributed by atoms with Crippen LogP contribution in [0.3, 0.4) is 0 Å². The number of nitrogens with two attached hydrogens (primary N) is 2. The molecule has 0 fully saturated rings. The van der Waals surface area contributed by atoms with Gasteiger partial charge in [0.15, 0.2) is 0 Å². The number of carbonyl (C=O) groups excluding carboxylic acids is 1. The Balaban J connectivity index is 2.75. The molecule has 0 atom stereocenters. The van der Waals surface area contributed by atoms with Gasteiger partial charge in [-0.2, -0.15) is 0 Å². The average molecular weight is 251 g/mol. The fraction of sp³-hybridized carbons (Fsp3) is 0.333. The third kappa shape index (κ3) is 4.40. The van der Waals surface area contributed by atoms with Gasteiger partial charge in [-0.1, -0.05) is 12.2 Å². The summed E-state index contributed by atoms with van der Waals surface area (Å²) in [6.07, 6.45) is 0.268. The molecule has 0 spiro atoms. The number of thiocarbonyl (C=S) groups is 1. The molecule has 17 heavy (non-hydrogen) atoms. The zero-order chi connectivity index (χ0) is 13.1. The van der Waals surface area contributed by atoms with Gasteiger partial charge in [0.1, 0.15) is 4.99 Å². The number of amides is 1. The van der Waals surface area contributed by atoms with Crippen molar-refractivity contribution in [2.24, 2.45) is 11.5 Å². The van der Waals surface area contributed by atoms with E-state index in [9.17, 15) is 4.79 Å². The second-order valence-corrected chi connectivity index (χ2v) is 5.03. The van der Waals surface area contributed by atoms with E-state index in [4.69, 9.17) is 23.7 Å². The van der Waals surface area contributed by atoms with Crippen molar-refractivity contribution in [3.8, 4) is 0 Å². The maximum absolute atomic E-state index is 10.9. The average Bonchev–Trinajstić information content (AvgIpc) is 2.15. The topological polar surface area (TPSA) is 81.1 Å². The van der Waals surface area contributed by atoms with Gasteiger partial charge >= 0.3 is 0 Å². The van der Waals surface area contributed by atoms with E-state index in [-0.39, 0.29) is 17.9 Å². The maximum Gasteiger partial charge on any atom is 0.219 e. The van der Waals surface area contributed by atoms with Crippen molar-refractivity contribution in [2.45, 2.75) is 25.8 Å². The summed E-state index contributed by atoms with van der Waals surface area (Å²) >= 11 is 4.87. The Morgan fingerprint density at radius 3 is 2.24 bits per heavy atom. The third-order valence-electron chi connectivity index (χ3n) is 2.27. The number of primary amides is 1. The van der Waals surface area contributed by atoms with E-state index in [2.05, 4.69) is 5.32 Å². The summed E-state index contributed by atoms with van der Waals surface area (Å²) in [7, 11) is 0. The lowest BCUT2D eigenvalue weighted by Gasteiger charge is -2.26. The largest absolute Gasteiger partial charge is 0.389 e. The van der Waals surface area contributed by atoms with Crippen molar-refractivity contribution in [3.05, 3.63) is 29.8 Å². The zero-order valence-corrected chi connectivity index (χ0v) is 10.8. The van der Waals surface area contributed by atoms with E-state index < -0.39 is 0 Å². The highest BCUT2D eigenvalue weighted by atomic mass is 32.1. The summed E-state index contributed by atoms with van der Waals surface area (Å²) in [6.45, 7) is 3.83. The molecule has 5 N–H and O–H groups in total. The monoisotopic (exact) mass is 251 g/mol. The molecular weight excluding hydrogens is 234 g/mol. The van der Waals surface area contributed by atoms with Gasteiger partial charge in [-0.25, -0.2) is 0 Å². The first kappa shape index (κ1) is 13.4. The van der Waals surface area contributed by atoms with Crippen LogP contribution in [0.5, 0.6) is 0 Å². The zero-order valence-electron chi connectivity index (χ0n) is 9.99. The predicted molar refractivity (Wildman–Crippen MR) is 73.8 cm³/mol. The molecule has 92 valence electrons. The molecule has 1 amide bonds. The molecule has 0 bridgehead atoms. The number of benzene rings is 1. The van der Waals surface area contributed by atoms with Crippen LogP contribution in [-0.2, 0) is 4.79 Å². The fourth-order valence-electron chi connectivity index (χ4n) is 1.59. The van der Waals surface area contributed by atoms with E-state index in [1.807, 2.05) is 38.1 Å². The van der Waals surface area contributed by atoms with Crippen molar-refractivity contribution in [2.75, 3.05) is 5.32 Å². The minimum atomic E-state index is -0.378. The second-order valence-electron chi connectivity index (χ2n) is 4.59. The lowest BCUT2D eigenvalue weighted by Crippen LogP contribution is -2.35. The Hall–Kier alpha value is -1.62. The molecule has 0 aliphatic rings. The van der Waals surface area contributed by atoms with Gasteiger partial charge in [-0.15, -0.1) is 0 Å². The highest BCUT2D eigenvalue weighted by Gasteiger charge is 2.19. The minimum Gasteiger partial charge on any atom is -0.389 e. The van der Waals surface area contributed by atoms with Gasteiger partial charge in [0.25, 0.3) is 0 Å². The summed E-state index contributed by atoms with van der Waals surface area (Å²) < 4.78 is 0. The van der Waals surface area contributed by atoms with E-state index >= 15 is 0 Å². The van der Waals surface area contributed by atoms with Crippen LogP contribution in [0.1, 0.15) is 25.8 Å². The number of rotatable bonds is 5. The van der Waals surface area contributed by atoms with Gasteiger partial charge in [0.2, 0.25) is 5.91 Å². The number of hydrogen-bond acceptors (Lipinski definition) is 3. The summed E-state index contributed by atoms with van der Waals surface area (Å²) in [5.41, 5.74) is 12.0. The Morgan fingerprint density at radius 1 is 1.29 bits per heavy atom. The number of nitrogens with one attached hydrogen (secondary N) is 1. The number of anilines is 1. The van der Waals surface area contributed by atoms with Crippen LogP contribution in [0.2, 0.25) is 0 Å². The lowest BCUT2D eigenvalue weighted by atomic mass is 9.99. The maximum atomic E-state index is 10.9. The SMILES string of the molecule is CC(C)(CC(N)=O)Nc1ccc(C(N)=S)cc1. The third-order valence-corrected chi connectivity index (χ3v) is 2.50. The van der Waals surface area contributed by atoms with E-state index in [1.54, 1.807) is 0 Å². The first-order valence-electron chi connectivity index (χ1n) is 5.26. The van der Waals surface area contributed by atoms with Crippen molar-refractivity contribution in [1.29, 1.82) is 0 Å². The molecule has 0 aromatic heterocycles. The van der Waals surface area contributed by atoms with E-state index in [0.717, 1.165) is 11.3 Å². The second kappa shape index (κ2) is 5.14. The van der Waals surface area contributed by atoms with E-state index in [0.29, 0.717) is 4.99 Å². The molecule has 0 saturated heterocycles. The molecular formula is C12H17N3OS. The van der Waals surface area contributed by atoms with Crippen LogP contribution in [0, 0.1) is 0 Å². The number of hydrogen-bond donors (Lipinski definition) is 3. The van der Waals surface area contributed by atoms with Crippen molar-refractivity contribution in [3.63, 3.8) is 0 Å². The molecule has 4 nitrogen and oxygen atoms in total. The van der Waals surface area contributed by atoms with Crippen LogP contribution in [0.15, 0.2) is 24.3 Å². The smallest absolute Gasteiger partial charge is 0.219 e. The van der Waals surface area contributed by atoms with Crippen LogP contribution >= 0.6 is 12.2 Å². The molecule has 1 aromatic carbocycles. The molecule has 1 aromatic rings. The molecule has 5 heteroatoms. The van der Waals surface area contributed by atoms with Crippen LogP contribution in [0.25, 0.3) is 0 Å². The first-order valence-corrected chi connectivity index (χ1v) is 5.67. The Labute approximate surface area is 106 Å². The van der Waals surface area contributed by atoms with Crippen molar-refractivity contribution in [1.82, 2.24) is 0 Å². The Bertz CT molecular complexity index is 426. The van der Waals surface area contributed by atoms with Gasteiger partial charge in [0.05, 0.1) is 0 Å². The predicted octanol–water partition coefficient (Wildman–Crippen LogP) is 1.39. The van der Waals surface area contributed by atoms with Crippen molar-refractivity contribution < 1.29 is 4.79 Å². The summed E-state index contributed by atoms with van der Waals surface area (Å²) in [6, 6.07) is 7.42. The summed E-state index contributed by atoms with van der Waals surface area (Å²) in [5.74, 6) is -0.331. The van der Waals surface area contributed by atoms with Crippen LogP contribution in [-0.4, -0.2) is 16.4 Å². The molecule has 1 rings (SSSR count). The van der Waals surface area contributed by atoms with Crippen LogP contribution < -0.4 is 16.8 Å². The van der Waals surface area contributed by atoms with Gasteiger partial charge in [-0.3, -0.25) is 4.79 Å². The normalized spacial score (nSPS) is 10.9. The Morgan fingerprint density at radius 2 is 1.82 bits per heavy atom. The molecule has 0 unspecified atom stereocenters.